The van der Waals surface area contributed by atoms with Crippen molar-refractivity contribution in [2.24, 2.45) is 5.41 Å². The van der Waals surface area contributed by atoms with Crippen molar-refractivity contribution < 1.29 is 9.59 Å². The summed E-state index contributed by atoms with van der Waals surface area (Å²) in [6.45, 7) is 8.49. The quantitative estimate of drug-likeness (QED) is 0.907. The molecule has 1 aromatic carbocycles. The molecule has 3 rings (SSSR count). The molecule has 2 heterocycles. The van der Waals surface area contributed by atoms with Crippen LogP contribution in [-0.4, -0.2) is 47.9 Å². The molecule has 1 fully saturated rings. The summed E-state index contributed by atoms with van der Waals surface area (Å²) in [5, 5.41) is 2.88. The van der Waals surface area contributed by atoms with Crippen LogP contribution in [0.4, 0.5) is 11.4 Å². The van der Waals surface area contributed by atoms with Crippen molar-refractivity contribution in [3.05, 3.63) is 54.4 Å². The fourth-order valence-corrected chi connectivity index (χ4v) is 2.95. The lowest BCUT2D eigenvalue weighted by atomic mass is 9.95. The number of piperazine rings is 1. The zero-order valence-electron chi connectivity index (χ0n) is 16.1. The minimum absolute atomic E-state index is 0.00349. The topological polar surface area (TPSA) is 65.5 Å². The molecule has 0 unspecified atom stereocenters. The average Bonchev–Trinajstić information content (AvgIpc) is 2.68. The Morgan fingerprint density at radius 2 is 1.67 bits per heavy atom. The normalized spacial score (nSPS) is 14.8. The van der Waals surface area contributed by atoms with Gasteiger partial charge >= 0.3 is 0 Å². The molecule has 1 aliphatic rings. The molecule has 0 saturated carbocycles. The molecule has 27 heavy (non-hydrogen) atoms. The van der Waals surface area contributed by atoms with Crippen LogP contribution in [0.15, 0.2) is 48.8 Å². The lowest BCUT2D eigenvalue weighted by Gasteiger charge is -2.36. The first kappa shape index (κ1) is 18.9. The Morgan fingerprint density at radius 1 is 1.00 bits per heavy atom. The monoisotopic (exact) mass is 366 g/mol. The van der Waals surface area contributed by atoms with Crippen LogP contribution in [0.1, 0.15) is 31.1 Å². The van der Waals surface area contributed by atoms with Crippen LogP contribution in [0.2, 0.25) is 0 Å². The van der Waals surface area contributed by atoms with Crippen molar-refractivity contribution in [3.63, 3.8) is 0 Å². The van der Waals surface area contributed by atoms with Gasteiger partial charge in [0.05, 0.1) is 0 Å². The fourth-order valence-electron chi connectivity index (χ4n) is 2.95. The molecule has 6 nitrogen and oxygen atoms in total. The van der Waals surface area contributed by atoms with Gasteiger partial charge in [-0.05, 0) is 30.3 Å². The maximum Gasteiger partial charge on any atom is 0.254 e. The van der Waals surface area contributed by atoms with Gasteiger partial charge in [0.2, 0.25) is 5.91 Å². The van der Waals surface area contributed by atoms with Crippen molar-refractivity contribution in [2.45, 2.75) is 20.8 Å². The minimum Gasteiger partial charge on any atom is -0.368 e. The van der Waals surface area contributed by atoms with E-state index < -0.39 is 5.41 Å². The minimum atomic E-state index is -0.483. The number of hydrogen-bond donors (Lipinski definition) is 1. The Bertz CT molecular complexity index is 806. The van der Waals surface area contributed by atoms with Gasteiger partial charge in [-0.15, -0.1) is 0 Å². The molecule has 0 bridgehead atoms. The first-order valence-corrected chi connectivity index (χ1v) is 9.20. The van der Waals surface area contributed by atoms with Gasteiger partial charge in [0, 0.05) is 60.9 Å². The second-order valence-corrected chi connectivity index (χ2v) is 7.77. The van der Waals surface area contributed by atoms with Gasteiger partial charge < -0.3 is 15.1 Å². The van der Waals surface area contributed by atoms with Crippen molar-refractivity contribution >= 4 is 23.2 Å². The number of amides is 2. The van der Waals surface area contributed by atoms with Gasteiger partial charge in [-0.3, -0.25) is 14.6 Å². The molecule has 1 aromatic heterocycles. The lowest BCUT2D eigenvalue weighted by molar-refractivity contribution is -0.123. The van der Waals surface area contributed by atoms with E-state index in [2.05, 4.69) is 15.2 Å². The van der Waals surface area contributed by atoms with E-state index in [-0.39, 0.29) is 11.8 Å². The molecule has 1 N–H and O–H groups in total. The summed E-state index contributed by atoms with van der Waals surface area (Å²) in [4.78, 5) is 33.2. The number of aromatic nitrogens is 1. The number of benzene rings is 1. The summed E-state index contributed by atoms with van der Waals surface area (Å²) in [6.07, 6.45) is 3.56. The van der Waals surface area contributed by atoms with Gasteiger partial charge in [-0.1, -0.05) is 26.8 Å². The number of carbonyl (C=O) groups is 2. The van der Waals surface area contributed by atoms with Gasteiger partial charge in [-0.2, -0.15) is 0 Å². The van der Waals surface area contributed by atoms with E-state index in [4.69, 9.17) is 0 Å². The number of pyridine rings is 1. The van der Waals surface area contributed by atoms with E-state index in [9.17, 15) is 9.59 Å². The van der Waals surface area contributed by atoms with E-state index >= 15 is 0 Å². The standard InChI is InChI=1S/C21H26N4O2/c1-21(2,3)20(27)23-17-6-4-5-16(15-17)19(26)25-13-11-24(12-14-25)18-7-9-22-10-8-18/h4-10,15H,11-14H2,1-3H3,(H,23,27). The summed E-state index contributed by atoms with van der Waals surface area (Å²) >= 11 is 0. The van der Waals surface area contributed by atoms with Gasteiger partial charge in [0.25, 0.3) is 5.91 Å². The third-order valence-corrected chi connectivity index (χ3v) is 4.64. The highest BCUT2D eigenvalue weighted by atomic mass is 16.2. The molecule has 6 heteroatoms. The predicted octanol–water partition coefficient (Wildman–Crippen LogP) is 3.03. The zero-order chi connectivity index (χ0) is 19.4. The Balaban J connectivity index is 1.63. The summed E-state index contributed by atoms with van der Waals surface area (Å²) in [5.74, 6) is -0.0747. The van der Waals surface area contributed by atoms with Crippen molar-refractivity contribution in [1.29, 1.82) is 0 Å². The molecule has 0 aliphatic carbocycles. The average molecular weight is 366 g/mol. The number of nitrogens with one attached hydrogen (secondary N) is 1. The Kier molecular flexibility index (Phi) is 5.44. The summed E-state index contributed by atoms with van der Waals surface area (Å²) in [5.41, 5.74) is 1.89. The van der Waals surface area contributed by atoms with Crippen LogP contribution in [0.3, 0.4) is 0 Å². The van der Waals surface area contributed by atoms with Gasteiger partial charge in [0.15, 0.2) is 0 Å². The van der Waals surface area contributed by atoms with Crippen LogP contribution >= 0.6 is 0 Å². The largest absolute Gasteiger partial charge is 0.368 e. The van der Waals surface area contributed by atoms with Gasteiger partial charge in [0.1, 0.15) is 0 Å². The summed E-state index contributed by atoms with van der Waals surface area (Å²) < 4.78 is 0. The van der Waals surface area contributed by atoms with E-state index in [1.54, 1.807) is 30.6 Å². The van der Waals surface area contributed by atoms with E-state index in [0.29, 0.717) is 24.3 Å². The molecular formula is C21H26N4O2. The fraction of sp³-hybridized carbons (Fsp3) is 0.381. The van der Waals surface area contributed by atoms with E-state index in [1.165, 1.54) is 0 Å². The van der Waals surface area contributed by atoms with Crippen molar-refractivity contribution in [2.75, 3.05) is 36.4 Å². The third kappa shape index (κ3) is 4.64. The smallest absolute Gasteiger partial charge is 0.254 e. The summed E-state index contributed by atoms with van der Waals surface area (Å²) in [7, 11) is 0. The van der Waals surface area contributed by atoms with Crippen molar-refractivity contribution in [1.82, 2.24) is 9.88 Å². The van der Waals surface area contributed by atoms with E-state index in [1.807, 2.05) is 43.9 Å². The predicted molar refractivity (Wildman–Crippen MR) is 107 cm³/mol. The van der Waals surface area contributed by atoms with Crippen LogP contribution in [-0.2, 0) is 4.79 Å². The van der Waals surface area contributed by atoms with Crippen LogP contribution < -0.4 is 10.2 Å². The number of carbonyl (C=O) groups excluding carboxylic acids is 2. The first-order chi connectivity index (χ1) is 12.8. The number of anilines is 2. The highest BCUT2D eigenvalue weighted by molar-refractivity contribution is 5.98. The third-order valence-electron chi connectivity index (χ3n) is 4.64. The lowest BCUT2D eigenvalue weighted by Crippen LogP contribution is -2.48. The number of rotatable bonds is 3. The molecule has 0 spiro atoms. The number of nitrogens with zero attached hydrogens (tertiary/aromatic N) is 3. The molecule has 0 atom stereocenters. The molecule has 0 radical (unpaired) electrons. The van der Waals surface area contributed by atoms with Crippen molar-refractivity contribution in [3.8, 4) is 0 Å². The maximum atomic E-state index is 12.9. The molecular weight excluding hydrogens is 340 g/mol. The number of hydrogen-bond acceptors (Lipinski definition) is 4. The maximum absolute atomic E-state index is 12.9. The molecule has 1 saturated heterocycles. The SMILES string of the molecule is CC(C)(C)C(=O)Nc1cccc(C(=O)N2CCN(c3ccncc3)CC2)c1. The first-order valence-electron chi connectivity index (χ1n) is 9.20. The molecule has 142 valence electrons. The Morgan fingerprint density at radius 3 is 2.30 bits per heavy atom. The second kappa shape index (κ2) is 7.78. The summed E-state index contributed by atoms with van der Waals surface area (Å²) in [6, 6.07) is 11.1. The highest BCUT2D eigenvalue weighted by Gasteiger charge is 2.24. The zero-order valence-corrected chi connectivity index (χ0v) is 16.1. The molecule has 2 amide bonds. The van der Waals surface area contributed by atoms with Gasteiger partial charge in [-0.25, -0.2) is 0 Å². The van der Waals surface area contributed by atoms with Crippen LogP contribution in [0.25, 0.3) is 0 Å². The van der Waals surface area contributed by atoms with Crippen LogP contribution in [0, 0.1) is 5.41 Å². The Hall–Kier alpha value is -2.89. The highest BCUT2D eigenvalue weighted by Crippen LogP contribution is 2.20. The van der Waals surface area contributed by atoms with Crippen LogP contribution in [0.5, 0.6) is 0 Å². The molecule has 1 aliphatic heterocycles. The Labute approximate surface area is 160 Å². The van der Waals surface area contributed by atoms with E-state index in [0.717, 1.165) is 18.8 Å². The molecule has 2 aromatic rings. The second-order valence-electron chi connectivity index (χ2n) is 7.77.